The summed E-state index contributed by atoms with van der Waals surface area (Å²) < 4.78 is 25.6. The van der Waals surface area contributed by atoms with Gasteiger partial charge in [-0.25, -0.2) is 8.42 Å². The van der Waals surface area contributed by atoms with E-state index in [9.17, 15) is 13.2 Å². The zero-order valence-corrected chi connectivity index (χ0v) is 17.6. The van der Waals surface area contributed by atoms with E-state index >= 15 is 0 Å². The summed E-state index contributed by atoms with van der Waals surface area (Å²) in [6.07, 6.45) is 1.11. The van der Waals surface area contributed by atoms with Crippen molar-refractivity contribution in [2.24, 2.45) is 0 Å². The second kappa shape index (κ2) is 8.13. The van der Waals surface area contributed by atoms with E-state index in [0.29, 0.717) is 5.69 Å². The smallest absolute Gasteiger partial charge is 0.241 e. The van der Waals surface area contributed by atoms with Crippen LogP contribution in [0.2, 0.25) is 0 Å². The van der Waals surface area contributed by atoms with Crippen LogP contribution in [0.3, 0.4) is 0 Å². The molecule has 0 bridgehead atoms. The molecule has 0 fully saturated rings. The molecule has 2 aromatic carbocycles. The molecule has 0 heterocycles. The molecule has 2 aromatic rings. The summed E-state index contributed by atoms with van der Waals surface area (Å²) in [5, 5.41) is 2.90. The van der Waals surface area contributed by atoms with E-state index < -0.39 is 10.0 Å². The number of amides is 1. The average molecular weight is 389 g/mol. The first kappa shape index (κ1) is 21.0. The molecule has 0 unspecified atom stereocenters. The van der Waals surface area contributed by atoms with Crippen molar-refractivity contribution in [3.63, 3.8) is 0 Å². The number of carbonyl (C=O) groups excluding carboxylic acids is 1. The molecule has 0 aromatic heterocycles. The molecule has 0 radical (unpaired) electrons. The number of hydrogen-bond donors (Lipinski definition) is 1. The molecule has 0 spiro atoms. The zero-order chi connectivity index (χ0) is 20.4. The van der Waals surface area contributed by atoms with Gasteiger partial charge in [-0.15, -0.1) is 0 Å². The van der Waals surface area contributed by atoms with Crippen molar-refractivity contribution in [2.45, 2.75) is 40.7 Å². The van der Waals surface area contributed by atoms with Crippen LogP contribution in [0.5, 0.6) is 0 Å². The lowest BCUT2D eigenvalue weighted by Crippen LogP contribution is -2.41. The molecule has 0 aliphatic rings. The third kappa shape index (κ3) is 5.32. The van der Waals surface area contributed by atoms with Crippen LogP contribution in [0.4, 0.5) is 5.69 Å². The zero-order valence-electron chi connectivity index (χ0n) is 16.8. The number of aryl methyl sites for hydroxylation is 4. The Labute approximate surface area is 162 Å². The lowest BCUT2D eigenvalue weighted by atomic mass is 10.0. The number of anilines is 1. The van der Waals surface area contributed by atoms with Gasteiger partial charge in [-0.05, 0) is 74.6 Å². The topological polar surface area (TPSA) is 66.5 Å². The normalized spacial score (nSPS) is 12.5. The Morgan fingerprint density at radius 1 is 0.963 bits per heavy atom. The van der Waals surface area contributed by atoms with E-state index in [0.717, 1.165) is 32.8 Å². The van der Waals surface area contributed by atoms with E-state index in [1.54, 1.807) is 12.1 Å². The second-order valence-corrected chi connectivity index (χ2v) is 9.08. The first-order valence-corrected chi connectivity index (χ1v) is 10.8. The third-order valence-electron chi connectivity index (χ3n) is 4.87. The molecule has 1 atom stereocenters. The fraction of sp³-hybridized carbons (Fsp3) is 0.381. The fourth-order valence-corrected chi connectivity index (χ4v) is 3.66. The Morgan fingerprint density at radius 2 is 1.52 bits per heavy atom. The number of nitrogens with one attached hydrogen (secondary N) is 1. The standard InChI is InChI=1S/C21H28N2O3S/c1-14-7-9-19(11-16(14)3)18(5)22-21(24)13-23(27(6,25)26)20-10-8-15(2)17(4)12-20/h7-12,18H,13H2,1-6H3,(H,22,24)/t18-/m0/s1. The molecule has 1 amide bonds. The minimum Gasteiger partial charge on any atom is -0.348 e. The molecule has 2 rings (SSSR count). The highest BCUT2D eigenvalue weighted by molar-refractivity contribution is 7.92. The number of carbonyl (C=O) groups is 1. The lowest BCUT2D eigenvalue weighted by Gasteiger charge is -2.24. The van der Waals surface area contributed by atoms with Gasteiger partial charge in [0.25, 0.3) is 0 Å². The number of nitrogens with zero attached hydrogens (tertiary/aromatic N) is 1. The highest BCUT2D eigenvalue weighted by Crippen LogP contribution is 2.22. The first-order chi connectivity index (χ1) is 12.5. The van der Waals surface area contributed by atoms with Gasteiger partial charge >= 0.3 is 0 Å². The van der Waals surface area contributed by atoms with E-state index in [2.05, 4.69) is 5.32 Å². The lowest BCUT2D eigenvalue weighted by molar-refractivity contribution is -0.120. The van der Waals surface area contributed by atoms with Crippen LogP contribution in [-0.2, 0) is 14.8 Å². The molecule has 0 aliphatic carbocycles. The molecule has 6 heteroatoms. The molecular weight excluding hydrogens is 360 g/mol. The van der Waals surface area contributed by atoms with E-state index in [-0.39, 0.29) is 18.5 Å². The Balaban J connectivity index is 2.18. The molecule has 27 heavy (non-hydrogen) atoms. The fourth-order valence-electron chi connectivity index (χ4n) is 2.82. The number of benzene rings is 2. The monoisotopic (exact) mass is 388 g/mol. The highest BCUT2D eigenvalue weighted by atomic mass is 32.2. The van der Waals surface area contributed by atoms with Gasteiger partial charge in [0.15, 0.2) is 0 Å². The Bertz CT molecular complexity index is 952. The highest BCUT2D eigenvalue weighted by Gasteiger charge is 2.22. The molecule has 0 saturated heterocycles. The van der Waals surface area contributed by atoms with Gasteiger partial charge in [0, 0.05) is 0 Å². The first-order valence-electron chi connectivity index (χ1n) is 8.90. The Morgan fingerprint density at radius 3 is 2.04 bits per heavy atom. The molecule has 146 valence electrons. The van der Waals surface area contributed by atoms with E-state index in [4.69, 9.17) is 0 Å². The van der Waals surface area contributed by atoms with Crippen molar-refractivity contribution >= 4 is 21.6 Å². The van der Waals surface area contributed by atoms with Crippen LogP contribution in [-0.4, -0.2) is 27.1 Å². The van der Waals surface area contributed by atoms with Crippen LogP contribution in [0.25, 0.3) is 0 Å². The summed E-state index contributed by atoms with van der Waals surface area (Å²) >= 11 is 0. The largest absolute Gasteiger partial charge is 0.348 e. The van der Waals surface area contributed by atoms with Crippen LogP contribution in [0, 0.1) is 27.7 Å². The maximum absolute atomic E-state index is 12.5. The minimum absolute atomic E-state index is 0.210. The van der Waals surface area contributed by atoms with Gasteiger partial charge < -0.3 is 5.32 Å². The molecule has 0 aliphatic heterocycles. The predicted molar refractivity (Wildman–Crippen MR) is 111 cm³/mol. The quantitative estimate of drug-likeness (QED) is 0.823. The average Bonchev–Trinajstić information content (AvgIpc) is 2.56. The summed E-state index contributed by atoms with van der Waals surface area (Å²) in [5.41, 5.74) is 5.87. The minimum atomic E-state index is -3.58. The third-order valence-corrected chi connectivity index (χ3v) is 6.02. The van der Waals surface area contributed by atoms with E-state index in [1.165, 1.54) is 5.56 Å². The van der Waals surface area contributed by atoms with Crippen molar-refractivity contribution in [1.29, 1.82) is 0 Å². The summed E-state index contributed by atoms with van der Waals surface area (Å²) in [6, 6.07) is 11.2. The second-order valence-electron chi connectivity index (χ2n) is 7.17. The van der Waals surface area contributed by atoms with Gasteiger partial charge in [0.05, 0.1) is 18.0 Å². The summed E-state index contributed by atoms with van der Waals surface area (Å²) in [5.74, 6) is -0.343. The van der Waals surface area contributed by atoms with Gasteiger partial charge in [-0.1, -0.05) is 24.3 Å². The molecule has 5 nitrogen and oxygen atoms in total. The maximum atomic E-state index is 12.5. The van der Waals surface area contributed by atoms with E-state index in [1.807, 2.05) is 58.9 Å². The molecule has 1 N–H and O–H groups in total. The van der Waals surface area contributed by atoms with Crippen molar-refractivity contribution in [3.8, 4) is 0 Å². The van der Waals surface area contributed by atoms with Gasteiger partial charge in [-0.2, -0.15) is 0 Å². The van der Waals surface area contributed by atoms with Crippen molar-refractivity contribution in [1.82, 2.24) is 5.32 Å². The van der Waals surface area contributed by atoms with Gasteiger partial charge in [0.1, 0.15) is 6.54 Å². The Hall–Kier alpha value is -2.34. The Kier molecular flexibility index (Phi) is 6.31. The van der Waals surface area contributed by atoms with Crippen LogP contribution >= 0.6 is 0 Å². The van der Waals surface area contributed by atoms with Crippen LogP contribution in [0.15, 0.2) is 36.4 Å². The number of hydrogen-bond acceptors (Lipinski definition) is 3. The summed E-state index contributed by atoms with van der Waals surface area (Å²) in [4.78, 5) is 12.5. The summed E-state index contributed by atoms with van der Waals surface area (Å²) in [7, 11) is -3.58. The SMILES string of the molecule is Cc1ccc([C@H](C)NC(=O)CN(c2ccc(C)c(C)c2)S(C)(=O)=O)cc1C. The molecule has 0 saturated carbocycles. The molecular formula is C21H28N2O3S. The van der Waals surface area contributed by atoms with Gasteiger partial charge in [0.2, 0.25) is 15.9 Å². The maximum Gasteiger partial charge on any atom is 0.241 e. The summed E-state index contributed by atoms with van der Waals surface area (Å²) in [6.45, 7) is 9.58. The van der Waals surface area contributed by atoms with Gasteiger partial charge in [-0.3, -0.25) is 9.10 Å². The van der Waals surface area contributed by atoms with Crippen molar-refractivity contribution in [2.75, 3.05) is 17.1 Å². The van der Waals surface area contributed by atoms with Crippen molar-refractivity contribution < 1.29 is 13.2 Å². The van der Waals surface area contributed by atoms with Crippen LogP contribution in [0.1, 0.15) is 40.8 Å². The predicted octanol–water partition coefficient (Wildman–Crippen LogP) is 3.56. The van der Waals surface area contributed by atoms with Crippen molar-refractivity contribution in [3.05, 3.63) is 64.2 Å². The van der Waals surface area contributed by atoms with Crippen LogP contribution < -0.4 is 9.62 Å². The number of sulfonamides is 1. The number of rotatable bonds is 6.